The van der Waals surface area contributed by atoms with E-state index < -0.39 is 17.5 Å². The molecule has 2 aliphatic rings. The Hall–Kier alpha value is -3.13. The Labute approximate surface area is 166 Å². The summed E-state index contributed by atoms with van der Waals surface area (Å²) in [5.74, 6) is -0.884. The van der Waals surface area contributed by atoms with Crippen molar-refractivity contribution in [3.63, 3.8) is 0 Å². The Morgan fingerprint density at radius 2 is 2.11 bits per heavy atom. The number of ether oxygens (including phenoxy) is 1. The fourth-order valence-electron chi connectivity index (χ4n) is 3.76. The van der Waals surface area contributed by atoms with E-state index in [4.69, 9.17) is 16.3 Å². The predicted molar refractivity (Wildman–Crippen MR) is 102 cm³/mol. The smallest absolute Gasteiger partial charge is 0.271 e. The van der Waals surface area contributed by atoms with E-state index >= 15 is 0 Å². The topological polar surface area (TPSA) is 91.8 Å². The van der Waals surface area contributed by atoms with E-state index in [0.717, 1.165) is 0 Å². The number of nitrogens with zero attached hydrogens (tertiary/aromatic N) is 3. The zero-order valence-electron chi connectivity index (χ0n) is 15.2. The molecule has 0 radical (unpaired) electrons. The highest BCUT2D eigenvalue weighted by Crippen LogP contribution is 2.45. The molecule has 0 spiro atoms. The number of anilines is 2. The molecule has 0 aliphatic carbocycles. The van der Waals surface area contributed by atoms with Crippen molar-refractivity contribution in [3.8, 4) is 5.88 Å². The summed E-state index contributed by atoms with van der Waals surface area (Å²) in [7, 11) is 2.95. The van der Waals surface area contributed by atoms with Crippen LogP contribution in [0, 0.1) is 0 Å². The van der Waals surface area contributed by atoms with Crippen LogP contribution in [0.3, 0.4) is 0 Å². The molecule has 1 fully saturated rings. The van der Waals surface area contributed by atoms with Gasteiger partial charge in [0.2, 0.25) is 17.5 Å². The number of aromatic nitrogens is 1. The molecule has 3 heterocycles. The Morgan fingerprint density at radius 1 is 1.32 bits per heavy atom. The number of benzene rings is 1. The second-order valence-electron chi connectivity index (χ2n) is 6.62. The van der Waals surface area contributed by atoms with Crippen LogP contribution in [0.4, 0.5) is 11.4 Å². The quantitative estimate of drug-likeness (QED) is 0.853. The molecule has 4 rings (SSSR count). The molecule has 144 valence electrons. The molecule has 1 N–H and O–H groups in total. The van der Waals surface area contributed by atoms with Crippen molar-refractivity contribution in [1.82, 2.24) is 9.88 Å². The molecule has 2 aromatic rings. The second kappa shape index (κ2) is 6.49. The van der Waals surface area contributed by atoms with Crippen LogP contribution in [0.15, 0.2) is 36.5 Å². The van der Waals surface area contributed by atoms with E-state index in [1.807, 2.05) is 0 Å². The summed E-state index contributed by atoms with van der Waals surface area (Å²) in [6.45, 7) is 0. The van der Waals surface area contributed by atoms with Crippen molar-refractivity contribution in [2.24, 2.45) is 0 Å². The lowest BCUT2D eigenvalue weighted by atomic mass is 9.97. The minimum Gasteiger partial charge on any atom is -0.481 e. The third-order valence-electron chi connectivity index (χ3n) is 5.15. The number of nitrogens with one attached hydrogen (secondary N) is 1. The number of carbonyl (C=O) groups is 3. The zero-order chi connectivity index (χ0) is 20.1. The first-order chi connectivity index (χ1) is 13.4. The number of likely N-dealkylation sites (N-methyl/N-ethyl adjacent to an activating group) is 1. The third kappa shape index (κ3) is 2.52. The van der Waals surface area contributed by atoms with Gasteiger partial charge in [-0.3, -0.25) is 19.3 Å². The monoisotopic (exact) mass is 400 g/mol. The minimum atomic E-state index is -1.48. The maximum absolute atomic E-state index is 13.4. The molecule has 1 aromatic carbocycles. The van der Waals surface area contributed by atoms with Crippen LogP contribution in [-0.4, -0.2) is 47.4 Å². The first kappa shape index (κ1) is 18.2. The molecule has 1 saturated heterocycles. The van der Waals surface area contributed by atoms with Crippen LogP contribution in [-0.2, 0) is 9.59 Å². The molecule has 28 heavy (non-hydrogen) atoms. The van der Waals surface area contributed by atoms with Gasteiger partial charge in [-0.1, -0.05) is 17.7 Å². The summed E-state index contributed by atoms with van der Waals surface area (Å²) >= 11 is 6.00. The van der Waals surface area contributed by atoms with Crippen LogP contribution in [0.25, 0.3) is 0 Å². The van der Waals surface area contributed by atoms with Crippen molar-refractivity contribution < 1.29 is 19.1 Å². The van der Waals surface area contributed by atoms with Gasteiger partial charge >= 0.3 is 0 Å². The van der Waals surface area contributed by atoms with Gasteiger partial charge in [0.1, 0.15) is 0 Å². The molecule has 1 aromatic heterocycles. The number of pyridine rings is 1. The molecular formula is C19H17ClN4O4. The predicted octanol–water partition coefficient (Wildman–Crippen LogP) is 2.29. The number of fused-ring (bicyclic) bond motifs is 3. The highest BCUT2D eigenvalue weighted by molar-refractivity contribution is 6.31. The fraction of sp³-hybridized carbons (Fsp3) is 0.263. The lowest BCUT2D eigenvalue weighted by Crippen LogP contribution is -2.68. The number of rotatable bonds is 3. The number of amides is 3. The zero-order valence-corrected chi connectivity index (χ0v) is 16.0. The molecule has 9 heteroatoms. The van der Waals surface area contributed by atoms with Gasteiger partial charge in [0.25, 0.3) is 11.8 Å². The van der Waals surface area contributed by atoms with Crippen LogP contribution >= 0.6 is 11.6 Å². The van der Waals surface area contributed by atoms with E-state index in [9.17, 15) is 14.4 Å². The molecule has 0 saturated carbocycles. The average Bonchev–Trinajstić information content (AvgIpc) is 3.04. The van der Waals surface area contributed by atoms with Crippen LogP contribution < -0.4 is 15.0 Å². The van der Waals surface area contributed by atoms with Crippen molar-refractivity contribution in [1.29, 1.82) is 0 Å². The van der Waals surface area contributed by atoms with Crippen molar-refractivity contribution in [2.45, 2.75) is 18.5 Å². The van der Waals surface area contributed by atoms with Gasteiger partial charge in [-0.25, -0.2) is 4.98 Å². The standard InChI is InChI=1S/C19H17ClN4O4/c1-23-17(26)13-10-21-15(28-2)9-14(13)24-16(25)6-7-19(23,24)18(27)22-12-5-3-4-11(20)8-12/h3-5,8-10H,6-7H2,1-2H3,(H,22,27). The summed E-state index contributed by atoms with van der Waals surface area (Å²) in [6, 6.07) is 8.18. The Bertz CT molecular complexity index is 1010. The Morgan fingerprint density at radius 3 is 2.82 bits per heavy atom. The minimum absolute atomic E-state index is 0.130. The highest BCUT2D eigenvalue weighted by atomic mass is 35.5. The van der Waals surface area contributed by atoms with Gasteiger partial charge < -0.3 is 15.0 Å². The number of halogens is 1. The second-order valence-corrected chi connectivity index (χ2v) is 7.05. The first-order valence-electron chi connectivity index (χ1n) is 8.61. The number of hydrogen-bond donors (Lipinski definition) is 1. The van der Waals surface area contributed by atoms with Gasteiger partial charge in [0, 0.05) is 42.9 Å². The maximum atomic E-state index is 13.4. The van der Waals surface area contributed by atoms with E-state index in [0.29, 0.717) is 16.4 Å². The van der Waals surface area contributed by atoms with Gasteiger partial charge in [0.15, 0.2) is 0 Å². The van der Waals surface area contributed by atoms with Crippen molar-refractivity contribution >= 4 is 40.7 Å². The molecule has 1 unspecified atom stereocenters. The lowest BCUT2D eigenvalue weighted by molar-refractivity contribution is -0.128. The lowest BCUT2D eigenvalue weighted by Gasteiger charge is -2.47. The fourth-order valence-corrected chi connectivity index (χ4v) is 3.95. The highest BCUT2D eigenvalue weighted by Gasteiger charge is 2.60. The first-order valence-corrected chi connectivity index (χ1v) is 8.98. The van der Waals surface area contributed by atoms with Crippen LogP contribution in [0.2, 0.25) is 5.02 Å². The summed E-state index contributed by atoms with van der Waals surface area (Å²) < 4.78 is 5.14. The van der Waals surface area contributed by atoms with E-state index in [-0.39, 0.29) is 30.2 Å². The van der Waals surface area contributed by atoms with E-state index in [2.05, 4.69) is 10.3 Å². The Balaban J connectivity index is 1.83. The van der Waals surface area contributed by atoms with E-state index in [1.54, 1.807) is 24.3 Å². The molecular weight excluding hydrogens is 384 g/mol. The van der Waals surface area contributed by atoms with Crippen LogP contribution in [0.5, 0.6) is 5.88 Å². The van der Waals surface area contributed by atoms with Crippen molar-refractivity contribution in [2.75, 3.05) is 24.4 Å². The average molecular weight is 401 g/mol. The maximum Gasteiger partial charge on any atom is 0.271 e. The van der Waals surface area contributed by atoms with Gasteiger partial charge in [-0.15, -0.1) is 0 Å². The SMILES string of the molecule is COc1cc2c(cn1)C(=O)N(C)C1(C(=O)Nc3cccc(Cl)c3)CCC(=O)N21. The molecule has 0 bridgehead atoms. The normalized spacial score (nSPS) is 20.7. The van der Waals surface area contributed by atoms with Gasteiger partial charge in [0.05, 0.1) is 18.4 Å². The molecule has 2 aliphatic heterocycles. The summed E-state index contributed by atoms with van der Waals surface area (Å²) in [6.07, 6.45) is 1.66. The molecule has 1 atom stereocenters. The number of hydrogen-bond acceptors (Lipinski definition) is 5. The summed E-state index contributed by atoms with van der Waals surface area (Å²) in [5.41, 5.74) is -0.441. The largest absolute Gasteiger partial charge is 0.481 e. The van der Waals surface area contributed by atoms with Gasteiger partial charge in [-0.2, -0.15) is 0 Å². The third-order valence-corrected chi connectivity index (χ3v) is 5.39. The van der Waals surface area contributed by atoms with Gasteiger partial charge in [-0.05, 0) is 18.2 Å². The van der Waals surface area contributed by atoms with Crippen LogP contribution in [0.1, 0.15) is 23.2 Å². The Kier molecular flexibility index (Phi) is 4.23. The summed E-state index contributed by atoms with van der Waals surface area (Å²) in [5, 5.41) is 3.25. The molecule has 8 nitrogen and oxygen atoms in total. The van der Waals surface area contributed by atoms with Crippen molar-refractivity contribution in [3.05, 3.63) is 47.1 Å². The number of methoxy groups -OCH3 is 1. The van der Waals surface area contributed by atoms with E-state index in [1.165, 1.54) is 36.2 Å². The number of carbonyl (C=O) groups excluding carboxylic acids is 3. The summed E-state index contributed by atoms with van der Waals surface area (Å²) in [4.78, 5) is 45.8. The molecule has 3 amide bonds.